The molecule has 2 aliphatic heterocycles. The molecule has 1 saturated heterocycles. The number of amides is 4. The van der Waals surface area contributed by atoms with Crippen LogP contribution in [0.25, 0.3) is 0 Å². The van der Waals surface area contributed by atoms with Crippen LogP contribution >= 0.6 is 0 Å². The number of nitrogens with one attached hydrogen (secondary N) is 2. The van der Waals surface area contributed by atoms with Gasteiger partial charge in [-0.05, 0) is 42.4 Å². The van der Waals surface area contributed by atoms with Crippen molar-refractivity contribution in [2.45, 2.75) is 50.7 Å². The molecule has 4 rings (SSSR count). The molecule has 0 bridgehead atoms. The van der Waals surface area contributed by atoms with Crippen LogP contribution in [0, 0.1) is 5.92 Å². The molecule has 3 aliphatic rings. The highest BCUT2D eigenvalue weighted by molar-refractivity contribution is 6.07. The Labute approximate surface area is 148 Å². The Bertz CT molecular complexity index is 794. The van der Waals surface area contributed by atoms with Crippen molar-refractivity contribution in [1.29, 1.82) is 0 Å². The lowest BCUT2D eigenvalue weighted by Gasteiger charge is -2.26. The number of carbonyl (C=O) groups excluding carboxylic acids is 3. The second kappa shape index (κ2) is 6.03. The number of carbonyl (C=O) groups is 3. The van der Waals surface area contributed by atoms with Crippen molar-refractivity contribution in [3.63, 3.8) is 0 Å². The predicted molar refractivity (Wildman–Crippen MR) is 87.0 cm³/mol. The average Bonchev–Trinajstić information content (AvgIpc) is 3.29. The molecular weight excluding hydrogens is 344 g/mol. The summed E-state index contributed by atoms with van der Waals surface area (Å²) in [5.74, 6) is -0.427. The molecule has 26 heavy (non-hydrogen) atoms. The summed E-state index contributed by atoms with van der Waals surface area (Å²) >= 11 is 0. The molecule has 4 amide bonds. The molecule has 1 aromatic rings. The number of hydrogen-bond acceptors (Lipinski definition) is 3. The summed E-state index contributed by atoms with van der Waals surface area (Å²) < 4.78 is 25.6. The highest BCUT2D eigenvalue weighted by atomic mass is 19.3. The summed E-state index contributed by atoms with van der Waals surface area (Å²) in [5, 5.41) is 4.98. The average molecular weight is 363 g/mol. The third kappa shape index (κ3) is 2.83. The van der Waals surface area contributed by atoms with E-state index >= 15 is 0 Å². The molecule has 1 aromatic carbocycles. The Morgan fingerprint density at radius 3 is 2.58 bits per heavy atom. The molecule has 0 aromatic heterocycles. The van der Waals surface area contributed by atoms with Gasteiger partial charge in [-0.3, -0.25) is 14.9 Å². The van der Waals surface area contributed by atoms with E-state index < -0.39 is 18.0 Å². The van der Waals surface area contributed by atoms with Crippen molar-refractivity contribution in [3.8, 4) is 0 Å². The lowest BCUT2D eigenvalue weighted by molar-refractivity contribution is -0.133. The Hall–Kier alpha value is -2.51. The number of alkyl halides is 2. The van der Waals surface area contributed by atoms with E-state index in [0.29, 0.717) is 13.1 Å². The molecule has 2 heterocycles. The van der Waals surface area contributed by atoms with Crippen LogP contribution in [0.5, 0.6) is 0 Å². The number of imide groups is 1. The summed E-state index contributed by atoms with van der Waals surface area (Å²) in [6.07, 6.45) is -0.447. The SMILES string of the molecule is O=C1NC(=O)[C@](CCC(=O)N2Cc3ccc(C(F)F)cc3C2)(C2CC2)N1. The number of nitrogens with zero attached hydrogens (tertiary/aromatic N) is 1. The highest BCUT2D eigenvalue weighted by Crippen LogP contribution is 2.44. The zero-order chi connectivity index (χ0) is 18.5. The zero-order valence-corrected chi connectivity index (χ0v) is 14.1. The van der Waals surface area contributed by atoms with Gasteiger partial charge >= 0.3 is 6.03 Å². The van der Waals surface area contributed by atoms with Gasteiger partial charge in [0, 0.05) is 25.1 Å². The number of hydrogen-bond donors (Lipinski definition) is 2. The van der Waals surface area contributed by atoms with Crippen molar-refractivity contribution in [2.24, 2.45) is 5.92 Å². The molecule has 0 radical (unpaired) electrons. The molecule has 0 spiro atoms. The summed E-state index contributed by atoms with van der Waals surface area (Å²) in [6.45, 7) is 0.677. The van der Waals surface area contributed by atoms with Crippen LogP contribution in [-0.4, -0.2) is 28.3 Å². The first-order chi connectivity index (χ1) is 12.4. The first-order valence-electron chi connectivity index (χ1n) is 8.70. The first-order valence-corrected chi connectivity index (χ1v) is 8.70. The lowest BCUT2D eigenvalue weighted by atomic mass is 9.88. The zero-order valence-electron chi connectivity index (χ0n) is 14.1. The second-order valence-corrected chi connectivity index (χ2v) is 7.23. The van der Waals surface area contributed by atoms with Gasteiger partial charge in [0.05, 0.1) is 0 Å². The van der Waals surface area contributed by atoms with E-state index in [2.05, 4.69) is 10.6 Å². The monoisotopic (exact) mass is 363 g/mol. The van der Waals surface area contributed by atoms with Crippen LogP contribution in [0.1, 0.15) is 48.8 Å². The van der Waals surface area contributed by atoms with Crippen molar-refractivity contribution >= 4 is 17.8 Å². The lowest BCUT2D eigenvalue weighted by Crippen LogP contribution is -2.49. The number of urea groups is 1. The van der Waals surface area contributed by atoms with Crippen LogP contribution in [0.4, 0.5) is 13.6 Å². The topological polar surface area (TPSA) is 78.5 Å². The number of halogens is 2. The minimum atomic E-state index is -2.53. The minimum absolute atomic E-state index is 0.0453. The number of rotatable bonds is 5. The Balaban J connectivity index is 1.41. The van der Waals surface area contributed by atoms with Gasteiger partial charge in [-0.2, -0.15) is 0 Å². The predicted octanol–water partition coefficient (Wildman–Crippen LogP) is 2.23. The molecule has 1 saturated carbocycles. The van der Waals surface area contributed by atoms with Gasteiger partial charge < -0.3 is 10.2 Å². The van der Waals surface area contributed by atoms with Crippen molar-refractivity contribution in [3.05, 3.63) is 34.9 Å². The van der Waals surface area contributed by atoms with Crippen molar-refractivity contribution in [2.75, 3.05) is 0 Å². The van der Waals surface area contributed by atoms with Crippen molar-refractivity contribution < 1.29 is 23.2 Å². The maximum absolute atomic E-state index is 12.8. The first kappa shape index (κ1) is 16.9. The van der Waals surface area contributed by atoms with E-state index in [1.165, 1.54) is 12.1 Å². The third-order valence-electron chi connectivity index (χ3n) is 5.53. The van der Waals surface area contributed by atoms with Crippen LogP contribution in [-0.2, 0) is 22.7 Å². The van der Waals surface area contributed by atoms with Gasteiger partial charge in [0.1, 0.15) is 5.54 Å². The molecule has 2 N–H and O–H groups in total. The Morgan fingerprint density at radius 2 is 1.96 bits per heavy atom. The number of benzene rings is 1. The summed E-state index contributed by atoms with van der Waals surface area (Å²) in [5.41, 5.74) is 0.574. The molecule has 138 valence electrons. The smallest absolute Gasteiger partial charge is 0.322 e. The second-order valence-electron chi connectivity index (χ2n) is 7.23. The minimum Gasteiger partial charge on any atom is -0.334 e. The Morgan fingerprint density at radius 1 is 1.23 bits per heavy atom. The summed E-state index contributed by atoms with van der Waals surface area (Å²) in [7, 11) is 0. The molecule has 6 nitrogen and oxygen atoms in total. The quantitative estimate of drug-likeness (QED) is 0.788. The van der Waals surface area contributed by atoms with E-state index in [-0.39, 0.29) is 36.1 Å². The molecule has 1 aliphatic carbocycles. The summed E-state index contributed by atoms with van der Waals surface area (Å²) in [4.78, 5) is 38.0. The van der Waals surface area contributed by atoms with Gasteiger partial charge in [-0.15, -0.1) is 0 Å². The third-order valence-corrected chi connectivity index (χ3v) is 5.53. The van der Waals surface area contributed by atoms with E-state index in [1.807, 2.05) is 0 Å². The molecule has 8 heteroatoms. The molecule has 1 atom stereocenters. The van der Waals surface area contributed by atoms with E-state index in [4.69, 9.17) is 0 Å². The molecule has 0 unspecified atom stereocenters. The van der Waals surface area contributed by atoms with Crippen molar-refractivity contribution in [1.82, 2.24) is 15.5 Å². The molecular formula is C18H19F2N3O3. The van der Waals surface area contributed by atoms with Gasteiger partial charge in [0.25, 0.3) is 12.3 Å². The highest BCUT2D eigenvalue weighted by Gasteiger charge is 2.55. The van der Waals surface area contributed by atoms with Gasteiger partial charge in [0.15, 0.2) is 0 Å². The Kier molecular flexibility index (Phi) is 3.93. The van der Waals surface area contributed by atoms with Crippen LogP contribution in [0.2, 0.25) is 0 Å². The fourth-order valence-electron chi connectivity index (χ4n) is 3.94. The van der Waals surface area contributed by atoms with Crippen LogP contribution in [0.3, 0.4) is 0 Å². The fourth-order valence-corrected chi connectivity index (χ4v) is 3.94. The maximum atomic E-state index is 12.8. The van der Waals surface area contributed by atoms with E-state index in [9.17, 15) is 23.2 Å². The van der Waals surface area contributed by atoms with Gasteiger partial charge in [-0.1, -0.05) is 12.1 Å². The standard InChI is InChI=1S/C18H19F2N3O3/c19-15(20)10-1-2-11-8-23(9-12(11)7-10)14(24)5-6-18(13-3-4-13)16(25)21-17(26)22-18/h1-2,7,13,15H,3-6,8-9H2,(H2,21,22,25,26)/t18-/m0/s1. The van der Waals surface area contributed by atoms with Gasteiger partial charge in [-0.25, -0.2) is 13.6 Å². The van der Waals surface area contributed by atoms with E-state index in [1.54, 1.807) is 11.0 Å². The van der Waals surface area contributed by atoms with Crippen LogP contribution in [0.15, 0.2) is 18.2 Å². The van der Waals surface area contributed by atoms with Gasteiger partial charge in [0.2, 0.25) is 5.91 Å². The maximum Gasteiger partial charge on any atom is 0.322 e. The van der Waals surface area contributed by atoms with E-state index in [0.717, 1.165) is 24.0 Å². The largest absolute Gasteiger partial charge is 0.334 e. The summed E-state index contributed by atoms with van der Waals surface area (Å²) in [6, 6.07) is 3.96. The normalized spacial score (nSPS) is 24.7. The van der Waals surface area contributed by atoms with Crippen LogP contribution < -0.4 is 10.6 Å². The molecule has 2 fully saturated rings. The number of fused-ring (bicyclic) bond motifs is 1. The fraction of sp³-hybridized carbons (Fsp3) is 0.500.